The van der Waals surface area contributed by atoms with E-state index in [1.54, 1.807) is 10.1 Å². The van der Waals surface area contributed by atoms with Crippen LogP contribution in [-0.4, -0.2) is 27.8 Å². The Balaban J connectivity index is 1.92. The molecule has 2 N–H and O–H groups in total. The third-order valence-electron chi connectivity index (χ3n) is 4.08. The van der Waals surface area contributed by atoms with Crippen molar-refractivity contribution in [2.45, 2.75) is 0 Å². The van der Waals surface area contributed by atoms with E-state index in [-0.39, 0.29) is 5.69 Å². The van der Waals surface area contributed by atoms with Gasteiger partial charge in [0.25, 0.3) is 0 Å². The minimum Gasteiger partial charge on any atom is -0.464 e. The van der Waals surface area contributed by atoms with Gasteiger partial charge < -0.3 is 10.5 Å². The molecule has 2 heterocycles. The fourth-order valence-corrected chi connectivity index (χ4v) is 3.56. The molecule has 4 aromatic rings. The number of nitrogen functional groups attached to an aromatic ring is 1. The normalized spacial score (nSPS) is 10.7. The molecule has 2 aromatic heterocycles. The molecule has 0 atom stereocenters. The van der Waals surface area contributed by atoms with Crippen molar-refractivity contribution in [2.75, 3.05) is 12.8 Å². The topological polar surface area (TPSA) is 83.0 Å². The van der Waals surface area contributed by atoms with Crippen molar-refractivity contribution in [1.29, 1.82) is 0 Å². The van der Waals surface area contributed by atoms with Crippen LogP contribution in [0, 0.1) is 0 Å². The lowest BCUT2D eigenvalue weighted by Crippen LogP contribution is -2.04. The number of nitrogens with two attached hydrogens (primary N) is 1. The quantitative estimate of drug-likeness (QED) is 0.544. The number of thiazole rings is 1. The van der Waals surface area contributed by atoms with Gasteiger partial charge in [-0.15, -0.1) is 11.3 Å². The van der Waals surface area contributed by atoms with Crippen molar-refractivity contribution in [3.8, 4) is 27.6 Å². The number of aromatic nitrogens is 3. The lowest BCUT2D eigenvalue weighted by Gasteiger charge is -2.05. The summed E-state index contributed by atoms with van der Waals surface area (Å²) >= 11 is 1.31. The molecule has 134 valence electrons. The van der Waals surface area contributed by atoms with Gasteiger partial charge in [0, 0.05) is 16.5 Å². The lowest BCUT2D eigenvalue weighted by atomic mass is 10.1. The summed E-state index contributed by atoms with van der Waals surface area (Å²) in [5, 5.41) is 6.91. The fraction of sp³-hybridized carbons (Fsp3) is 0.0500. The van der Waals surface area contributed by atoms with Crippen LogP contribution in [0.1, 0.15) is 10.5 Å². The second-order valence-corrected chi connectivity index (χ2v) is 6.60. The number of carbonyl (C=O) groups excluding carboxylic acids is 1. The summed E-state index contributed by atoms with van der Waals surface area (Å²) in [6, 6.07) is 19.5. The number of nitrogens with zero attached hydrogens (tertiary/aromatic N) is 3. The predicted molar refractivity (Wildman–Crippen MR) is 106 cm³/mol. The van der Waals surface area contributed by atoms with Crippen LogP contribution in [-0.2, 0) is 4.74 Å². The highest BCUT2D eigenvalue weighted by Gasteiger charge is 2.22. The number of rotatable bonds is 4. The Morgan fingerprint density at radius 3 is 2.30 bits per heavy atom. The third kappa shape index (κ3) is 3.09. The average Bonchev–Trinajstić information content (AvgIpc) is 3.33. The molecule has 27 heavy (non-hydrogen) atoms. The Kier molecular flexibility index (Phi) is 4.43. The van der Waals surface area contributed by atoms with Crippen molar-refractivity contribution in [1.82, 2.24) is 14.8 Å². The van der Waals surface area contributed by atoms with E-state index in [1.807, 2.05) is 60.7 Å². The van der Waals surface area contributed by atoms with Crippen molar-refractivity contribution in [3.63, 3.8) is 0 Å². The molecular formula is C20H16N4O2S. The second kappa shape index (κ2) is 7.05. The molecule has 0 radical (unpaired) electrons. The first-order valence-corrected chi connectivity index (χ1v) is 9.10. The molecule has 0 fully saturated rings. The maximum absolute atomic E-state index is 11.8. The van der Waals surface area contributed by atoms with Crippen LogP contribution < -0.4 is 5.73 Å². The molecule has 0 saturated carbocycles. The molecule has 2 aromatic carbocycles. The van der Waals surface area contributed by atoms with Crippen LogP contribution in [0.3, 0.4) is 0 Å². The van der Waals surface area contributed by atoms with Crippen LogP contribution in [0.5, 0.6) is 0 Å². The van der Waals surface area contributed by atoms with E-state index in [4.69, 9.17) is 15.6 Å². The Hall–Kier alpha value is -3.45. The van der Waals surface area contributed by atoms with Gasteiger partial charge in [-0.2, -0.15) is 5.10 Å². The molecule has 0 spiro atoms. The van der Waals surface area contributed by atoms with E-state index >= 15 is 0 Å². The minimum absolute atomic E-state index is 0.242. The summed E-state index contributed by atoms with van der Waals surface area (Å²) in [6.45, 7) is 0. The molecule has 0 aliphatic heterocycles. The van der Waals surface area contributed by atoms with E-state index in [0.717, 1.165) is 16.8 Å². The number of benzene rings is 2. The van der Waals surface area contributed by atoms with Gasteiger partial charge in [0.15, 0.2) is 5.69 Å². The average molecular weight is 376 g/mol. The van der Waals surface area contributed by atoms with Crippen LogP contribution in [0.15, 0.2) is 66.0 Å². The lowest BCUT2D eigenvalue weighted by molar-refractivity contribution is 0.0595. The van der Waals surface area contributed by atoms with Gasteiger partial charge in [0.1, 0.15) is 11.4 Å². The van der Waals surface area contributed by atoms with Crippen LogP contribution >= 0.6 is 11.3 Å². The maximum Gasteiger partial charge on any atom is 0.357 e. The van der Waals surface area contributed by atoms with Crippen LogP contribution in [0.2, 0.25) is 0 Å². The van der Waals surface area contributed by atoms with E-state index in [2.05, 4.69) is 4.98 Å². The number of esters is 1. The molecular weight excluding hydrogens is 360 g/mol. The zero-order valence-corrected chi connectivity index (χ0v) is 15.3. The van der Waals surface area contributed by atoms with E-state index < -0.39 is 5.97 Å². The van der Waals surface area contributed by atoms with Crippen molar-refractivity contribution < 1.29 is 9.53 Å². The molecule has 0 saturated heterocycles. The summed E-state index contributed by atoms with van der Waals surface area (Å²) in [5.74, 6) is -0.484. The standard InChI is InChI=1S/C20H16N4O2S/c1-26-19(25)15-12-27-20(22-15)24-18(14-10-6-3-7-11-14)16(21)17(23-24)13-8-4-2-5-9-13/h2-12H,21H2,1H3. The van der Waals surface area contributed by atoms with Crippen LogP contribution in [0.25, 0.3) is 27.6 Å². The van der Waals surface area contributed by atoms with Crippen LogP contribution in [0.4, 0.5) is 5.69 Å². The molecule has 6 nitrogen and oxygen atoms in total. The van der Waals surface area contributed by atoms with Crippen molar-refractivity contribution >= 4 is 23.0 Å². The Bertz CT molecular complexity index is 1090. The van der Waals surface area contributed by atoms with Gasteiger partial charge in [-0.3, -0.25) is 0 Å². The molecule has 7 heteroatoms. The smallest absolute Gasteiger partial charge is 0.357 e. The third-order valence-corrected chi connectivity index (χ3v) is 4.90. The minimum atomic E-state index is -0.484. The zero-order valence-electron chi connectivity index (χ0n) is 14.5. The first-order valence-electron chi connectivity index (χ1n) is 8.22. The highest BCUT2D eigenvalue weighted by atomic mass is 32.1. The number of methoxy groups -OCH3 is 1. The predicted octanol–water partition coefficient (Wildman–Crippen LogP) is 4.03. The summed E-state index contributed by atoms with van der Waals surface area (Å²) < 4.78 is 6.43. The summed E-state index contributed by atoms with van der Waals surface area (Å²) in [5.41, 5.74) is 10.5. The Labute approximate surface area is 159 Å². The maximum atomic E-state index is 11.8. The second-order valence-electron chi connectivity index (χ2n) is 5.76. The molecule has 0 bridgehead atoms. The van der Waals surface area contributed by atoms with Gasteiger partial charge in [-0.05, 0) is 0 Å². The molecule has 0 amide bonds. The zero-order chi connectivity index (χ0) is 18.8. The van der Waals surface area contributed by atoms with Gasteiger partial charge in [-0.1, -0.05) is 60.7 Å². The number of carbonyl (C=O) groups is 1. The van der Waals surface area contributed by atoms with E-state index in [0.29, 0.717) is 16.5 Å². The summed E-state index contributed by atoms with van der Waals surface area (Å²) in [4.78, 5) is 16.1. The van der Waals surface area contributed by atoms with E-state index in [1.165, 1.54) is 18.4 Å². The number of anilines is 1. The van der Waals surface area contributed by atoms with Gasteiger partial charge in [0.05, 0.1) is 12.8 Å². The van der Waals surface area contributed by atoms with E-state index in [9.17, 15) is 4.79 Å². The number of ether oxygens (including phenoxy) is 1. The van der Waals surface area contributed by atoms with Crippen molar-refractivity contribution in [2.24, 2.45) is 0 Å². The first kappa shape index (κ1) is 17.0. The molecule has 0 unspecified atom stereocenters. The highest BCUT2D eigenvalue weighted by Crippen LogP contribution is 2.36. The Morgan fingerprint density at radius 1 is 1.04 bits per heavy atom. The monoisotopic (exact) mass is 376 g/mol. The molecule has 0 aliphatic carbocycles. The summed E-state index contributed by atoms with van der Waals surface area (Å²) in [6.07, 6.45) is 0. The van der Waals surface area contributed by atoms with Gasteiger partial charge in [0.2, 0.25) is 5.13 Å². The SMILES string of the molecule is COC(=O)c1csc(-n2nc(-c3ccccc3)c(N)c2-c2ccccc2)n1. The Morgan fingerprint density at radius 2 is 1.67 bits per heavy atom. The van der Waals surface area contributed by atoms with Crippen molar-refractivity contribution in [3.05, 3.63) is 71.7 Å². The highest BCUT2D eigenvalue weighted by molar-refractivity contribution is 7.12. The first-order chi connectivity index (χ1) is 13.2. The number of hydrogen-bond donors (Lipinski definition) is 1. The van der Waals surface area contributed by atoms with Gasteiger partial charge in [-0.25, -0.2) is 14.5 Å². The largest absolute Gasteiger partial charge is 0.464 e. The molecule has 4 rings (SSSR count). The van der Waals surface area contributed by atoms with Gasteiger partial charge >= 0.3 is 5.97 Å². The summed E-state index contributed by atoms with van der Waals surface area (Å²) in [7, 11) is 1.33. The number of hydrogen-bond acceptors (Lipinski definition) is 6. The fourth-order valence-electron chi connectivity index (χ4n) is 2.81. The molecule has 0 aliphatic rings.